The first-order valence-electron chi connectivity index (χ1n) is 8.37. The van der Waals surface area contributed by atoms with E-state index in [9.17, 15) is 4.79 Å². The Bertz CT molecular complexity index is 908. The molecule has 0 fully saturated rings. The lowest BCUT2D eigenvalue weighted by Crippen LogP contribution is -2.35. The van der Waals surface area contributed by atoms with Crippen LogP contribution < -0.4 is 26.2 Å². The summed E-state index contributed by atoms with van der Waals surface area (Å²) in [6, 6.07) is 5.48. The number of fused-ring (bicyclic) bond motifs is 2. The molecule has 1 aliphatic heterocycles. The maximum absolute atomic E-state index is 12.3. The van der Waals surface area contributed by atoms with Crippen molar-refractivity contribution in [1.29, 1.82) is 0 Å². The number of rotatable bonds is 4. The number of hydrogen-bond acceptors (Lipinski definition) is 6. The predicted molar refractivity (Wildman–Crippen MR) is 101 cm³/mol. The van der Waals surface area contributed by atoms with Crippen molar-refractivity contribution in [2.75, 3.05) is 18.5 Å². The highest BCUT2D eigenvalue weighted by Gasteiger charge is 2.25. The molecule has 2 aromatic rings. The van der Waals surface area contributed by atoms with Crippen molar-refractivity contribution in [3.63, 3.8) is 0 Å². The van der Waals surface area contributed by atoms with Crippen LogP contribution in [-0.4, -0.2) is 28.5 Å². The standard InChI is InChI=1S/C18H23N5O3/c1-11(19)20-8-9-25-12-6-5-7-13-15(12)21-16-14(26-13)10-23(17(24)22-16)18(2,3)4/h5-7,10H,8-9H2,1-4H3,(H2,19,20)(H,21,22,24). The number of anilines is 2. The molecule has 0 saturated heterocycles. The zero-order valence-electron chi connectivity index (χ0n) is 15.4. The molecule has 8 nitrogen and oxygen atoms in total. The van der Waals surface area contributed by atoms with Crippen molar-refractivity contribution in [1.82, 2.24) is 9.55 Å². The first kappa shape index (κ1) is 17.8. The van der Waals surface area contributed by atoms with E-state index in [-0.39, 0.29) is 5.69 Å². The molecule has 1 aromatic carbocycles. The molecular formula is C18H23N5O3. The van der Waals surface area contributed by atoms with Crippen LogP contribution in [-0.2, 0) is 5.54 Å². The molecule has 0 unspecified atom stereocenters. The van der Waals surface area contributed by atoms with Crippen LogP contribution >= 0.6 is 0 Å². The Morgan fingerprint density at radius 1 is 1.38 bits per heavy atom. The van der Waals surface area contributed by atoms with Gasteiger partial charge in [0, 0.05) is 5.54 Å². The molecule has 0 amide bonds. The third-order valence-corrected chi connectivity index (χ3v) is 3.78. The summed E-state index contributed by atoms with van der Waals surface area (Å²) in [4.78, 5) is 20.5. The first-order valence-corrected chi connectivity index (χ1v) is 8.37. The summed E-state index contributed by atoms with van der Waals surface area (Å²) in [5, 5.41) is 3.14. The van der Waals surface area contributed by atoms with Crippen LogP contribution in [0, 0.1) is 0 Å². The van der Waals surface area contributed by atoms with E-state index in [0.29, 0.717) is 47.7 Å². The van der Waals surface area contributed by atoms with Gasteiger partial charge < -0.3 is 20.5 Å². The van der Waals surface area contributed by atoms with Crippen LogP contribution in [0.3, 0.4) is 0 Å². The second kappa shape index (κ2) is 6.70. The summed E-state index contributed by atoms with van der Waals surface area (Å²) >= 11 is 0. The normalized spacial score (nSPS) is 13.3. The molecule has 0 saturated carbocycles. The van der Waals surface area contributed by atoms with Gasteiger partial charge in [-0.25, -0.2) is 4.79 Å². The summed E-state index contributed by atoms with van der Waals surface area (Å²) in [7, 11) is 0. The molecule has 2 heterocycles. The van der Waals surface area contributed by atoms with E-state index in [1.54, 1.807) is 17.7 Å². The fraction of sp³-hybridized carbons (Fsp3) is 0.389. The van der Waals surface area contributed by atoms with E-state index in [2.05, 4.69) is 15.3 Å². The Kier molecular flexibility index (Phi) is 4.58. The molecule has 1 aliphatic rings. The molecule has 0 radical (unpaired) electrons. The number of aromatic nitrogens is 2. The van der Waals surface area contributed by atoms with Crippen molar-refractivity contribution >= 4 is 17.3 Å². The Morgan fingerprint density at radius 2 is 2.15 bits per heavy atom. The Labute approximate surface area is 151 Å². The highest BCUT2D eigenvalue weighted by atomic mass is 16.5. The molecular weight excluding hydrogens is 334 g/mol. The summed E-state index contributed by atoms with van der Waals surface area (Å²) < 4.78 is 13.3. The monoisotopic (exact) mass is 357 g/mol. The molecule has 8 heteroatoms. The molecule has 138 valence electrons. The lowest BCUT2D eigenvalue weighted by molar-refractivity contribution is 0.327. The Hall–Kier alpha value is -3.03. The summed E-state index contributed by atoms with van der Waals surface area (Å²) in [6.07, 6.45) is 1.67. The van der Waals surface area contributed by atoms with Crippen molar-refractivity contribution in [2.45, 2.75) is 33.2 Å². The molecule has 0 aliphatic carbocycles. The number of aliphatic imine (C=N–C) groups is 1. The van der Waals surface area contributed by atoms with E-state index in [1.807, 2.05) is 39.0 Å². The number of ether oxygens (including phenoxy) is 2. The molecule has 26 heavy (non-hydrogen) atoms. The van der Waals surface area contributed by atoms with Crippen LogP contribution in [0.15, 0.2) is 34.2 Å². The molecule has 0 bridgehead atoms. The number of nitrogens with one attached hydrogen (secondary N) is 1. The number of benzene rings is 1. The van der Waals surface area contributed by atoms with Gasteiger partial charge in [-0.3, -0.25) is 9.56 Å². The van der Waals surface area contributed by atoms with E-state index in [1.165, 1.54) is 0 Å². The second-order valence-corrected chi connectivity index (χ2v) is 7.01. The van der Waals surface area contributed by atoms with Crippen LogP contribution in [0.5, 0.6) is 17.2 Å². The van der Waals surface area contributed by atoms with E-state index in [4.69, 9.17) is 15.2 Å². The minimum absolute atomic E-state index is 0.345. The van der Waals surface area contributed by atoms with Crippen molar-refractivity contribution in [3.8, 4) is 17.2 Å². The molecule has 3 N–H and O–H groups in total. The third kappa shape index (κ3) is 3.63. The Morgan fingerprint density at radius 3 is 2.85 bits per heavy atom. The molecule has 0 spiro atoms. The minimum atomic E-state index is -0.394. The number of para-hydroxylation sites is 1. The van der Waals surface area contributed by atoms with Crippen LogP contribution in [0.2, 0.25) is 0 Å². The summed E-state index contributed by atoms with van der Waals surface area (Å²) in [5.41, 5.74) is 5.41. The highest BCUT2D eigenvalue weighted by Crippen LogP contribution is 2.45. The third-order valence-electron chi connectivity index (χ3n) is 3.78. The zero-order chi connectivity index (χ0) is 18.9. The van der Waals surface area contributed by atoms with Gasteiger partial charge in [0.2, 0.25) is 0 Å². The average Bonchev–Trinajstić information content (AvgIpc) is 2.55. The van der Waals surface area contributed by atoms with Gasteiger partial charge in [0.05, 0.1) is 18.6 Å². The zero-order valence-corrected chi connectivity index (χ0v) is 15.4. The van der Waals surface area contributed by atoms with Crippen LogP contribution in [0.1, 0.15) is 27.7 Å². The minimum Gasteiger partial charge on any atom is -0.489 e. The first-order chi connectivity index (χ1) is 12.3. The van der Waals surface area contributed by atoms with E-state index < -0.39 is 5.54 Å². The maximum Gasteiger partial charge on any atom is 0.350 e. The van der Waals surface area contributed by atoms with Gasteiger partial charge in [-0.2, -0.15) is 4.98 Å². The second-order valence-electron chi connectivity index (χ2n) is 7.01. The van der Waals surface area contributed by atoms with Gasteiger partial charge in [-0.15, -0.1) is 0 Å². The topological polar surface area (TPSA) is 104 Å². The SMILES string of the molecule is CC(N)=NCCOc1cccc2c1Nc1nc(=O)n(C(C)(C)C)cc1O2. The fourth-order valence-electron chi connectivity index (χ4n) is 2.54. The smallest absolute Gasteiger partial charge is 0.350 e. The number of amidine groups is 1. The van der Waals surface area contributed by atoms with Crippen molar-refractivity contribution in [2.24, 2.45) is 10.7 Å². The number of nitrogens with two attached hydrogens (primary N) is 1. The van der Waals surface area contributed by atoms with Crippen LogP contribution in [0.4, 0.5) is 11.5 Å². The number of hydrogen-bond donors (Lipinski definition) is 2. The van der Waals surface area contributed by atoms with E-state index in [0.717, 1.165) is 0 Å². The predicted octanol–water partition coefficient (Wildman–Crippen LogP) is 2.60. The fourth-order valence-corrected chi connectivity index (χ4v) is 2.54. The molecule has 0 atom stereocenters. The van der Waals surface area contributed by atoms with Gasteiger partial charge >= 0.3 is 5.69 Å². The lowest BCUT2D eigenvalue weighted by atomic mass is 10.1. The van der Waals surface area contributed by atoms with Gasteiger partial charge in [0.25, 0.3) is 0 Å². The molecule has 3 rings (SSSR count). The quantitative estimate of drug-likeness (QED) is 0.422. The summed E-state index contributed by atoms with van der Waals surface area (Å²) in [5.74, 6) is 2.58. The average molecular weight is 357 g/mol. The molecule has 1 aromatic heterocycles. The number of nitrogens with zero attached hydrogens (tertiary/aromatic N) is 3. The summed E-state index contributed by atoms with van der Waals surface area (Å²) in [6.45, 7) is 8.36. The van der Waals surface area contributed by atoms with Crippen LogP contribution in [0.25, 0.3) is 0 Å². The van der Waals surface area contributed by atoms with Gasteiger partial charge in [-0.1, -0.05) is 6.07 Å². The van der Waals surface area contributed by atoms with Gasteiger partial charge in [-0.05, 0) is 39.8 Å². The van der Waals surface area contributed by atoms with Gasteiger partial charge in [0.1, 0.15) is 18.0 Å². The largest absolute Gasteiger partial charge is 0.489 e. The highest BCUT2D eigenvalue weighted by molar-refractivity contribution is 5.78. The maximum atomic E-state index is 12.3. The van der Waals surface area contributed by atoms with E-state index >= 15 is 0 Å². The lowest BCUT2D eigenvalue weighted by Gasteiger charge is -2.26. The van der Waals surface area contributed by atoms with Gasteiger partial charge in [0.15, 0.2) is 17.3 Å². The Balaban J connectivity index is 1.88. The van der Waals surface area contributed by atoms with Crippen molar-refractivity contribution < 1.29 is 9.47 Å². The van der Waals surface area contributed by atoms with Crippen molar-refractivity contribution in [3.05, 3.63) is 34.9 Å².